The van der Waals surface area contributed by atoms with Crippen molar-refractivity contribution >= 4 is 27.7 Å². The lowest BCUT2D eigenvalue weighted by Crippen LogP contribution is -2.15. The molecule has 8 rings (SSSR count). The molecule has 2 aromatic heterocycles. The summed E-state index contributed by atoms with van der Waals surface area (Å²) < 4.78 is 8.85. The first-order chi connectivity index (χ1) is 20.9. The Morgan fingerprint density at radius 1 is 0.698 bits per heavy atom. The van der Waals surface area contributed by atoms with Crippen molar-refractivity contribution in [2.24, 2.45) is 4.99 Å². The van der Waals surface area contributed by atoms with Crippen molar-refractivity contribution in [1.29, 1.82) is 0 Å². The highest BCUT2D eigenvalue weighted by molar-refractivity contribution is 6.10. The average molecular weight is 562 g/mol. The molecule has 4 nitrogen and oxygen atoms in total. The lowest BCUT2D eigenvalue weighted by molar-refractivity contribution is 0.211. The molecule has 0 radical (unpaired) electrons. The zero-order valence-electron chi connectivity index (χ0n) is 24.9. The number of rotatable bonds is 4. The van der Waals surface area contributed by atoms with Crippen molar-refractivity contribution in [2.45, 2.75) is 57.6 Å². The minimum Gasteiger partial charge on any atom is -0.472 e. The number of hydrogen-bond acceptors (Lipinski definition) is 3. The molecule has 0 N–H and O–H groups in total. The summed E-state index contributed by atoms with van der Waals surface area (Å²) in [6.07, 6.45) is 5.54. The molecule has 212 valence electrons. The van der Waals surface area contributed by atoms with Crippen molar-refractivity contribution in [3.05, 3.63) is 120 Å². The molecule has 0 saturated heterocycles. The smallest absolute Gasteiger partial charge is 0.216 e. The van der Waals surface area contributed by atoms with E-state index < -0.39 is 0 Å². The normalized spacial score (nSPS) is 18.2. The summed E-state index contributed by atoms with van der Waals surface area (Å²) in [4.78, 5) is 9.85. The Kier molecular flexibility index (Phi) is 6.01. The second-order valence-electron chi connectivity index (χ2n) is 13.0. The lowest BCUT2D eigenvalue weighted by atomic mass is 9.87. The van der Waals surface area contributed by atoms with Crippen molar-refractivity contribution in [1.82, 2.24) is 9.55 Å². The number of ether oxygens (including phenoxy) is 1. The minimum atomic E-state index is 0.0501. The molecule has 1 aliphatic heterocycles. The highest BCUT2D eigenvalue weighted by Gasteiger charge is 2.35. The van der Waals surface area contributed by atoms with Crippen LogP contribution in [0.15, 0.2) is 114 Å². The predicted octanol–water partition coefficient (Wildman–Crippen LogP) is 9.51. The predicted molar refractivity (Wildman–Crippen MR) is 177 cm³/mol. The number of para-hydroxylation sites is 1. The third-order valence-corrected chi connectivity index (χ3v) is 9.09. The van der Waals surface area contributed by atoms with E-state index in [1.54, 1.807) is 0 Å². The second kappa shape index (κ2) is 9.95. The van der Waals surface area contributed by atoms with Crippen molar-refractivity contribution in [3.63, 3.8) is 0 Å². The van der Waals surface area contributed by atoms with Gasteiger partial charge in [0.1, 0.15) is 6.10 Å². The van der Waals surface area contributed by atoms with Gasteiger partial charge in [-0.1, -0.05) is 81.4 Å². The fraction of sp³-hybridized carbons (Fsp3) is 0.231. The first-order valence-corrected chi connectivity index (χ1v) is 15.4. The van der Waals surface area contributed by atoms with Gasteiger partial charge in [-0.2, -0.15) is 0 Å². The van der Waals surface area contributed by atoms with Crippen molar-refractivity contribution in [2.75, 3.05) is 0 Å². The van der Waals surface area contributed by atoms with Gasteiger partial charge < -0.3 is 9.30 Å². The molecule has 1 saturated carbocycles. The molecule has 6 aromatic rings. The molecular formula is C39H35N3O. The quantitative estimate of drug-likeness (QED) is 0.215. The summed E-state index contributed by atoms with van der Waals surface area (Å²) in [5, 5.41) is 2.46. The molecule has 0 spiro atoms. The molecule has 1 aliphatic carbocycles. The zero-order chi connectivity index (χ0) is 29.1. The van der Waals surface area contributed by atoms with Gasteiger partial charge in [0.15, 0.2) is 0 Å². The summed E-state index contributed by atoms with van der Waals surface area (Å²) in [6, 6.07) is 37.5. The molecule has 0 unspecified atom stereocenters. The molecule has 0 bridgehead atoms. The van der Waals surface area contributed by atoms with E-state index >= 15 is 0 Å². The molecular weight excluding hydrogens is 526 g/mol. The van der Waals surface area contributed by atoms with Crippen LogP contribution in [0, 0.1) is 0 Å². The SMILES string of the molecule is CC(C)(C)c1ccnc(-c2ccc3c4ccccc4n(-c4cc(C5=N[C@@H]6CCC[C@@H]6O5)cc(-c5ccccc5)c4)c3c2)c1. The summed E-state index contributed by atoms with van der Waals surface area (Å²) >= 11 is 0. The van der Waals surface area contributed by atoms with Crippen LogP contribution in [0.5, 0.6) is 0 Å². The third kappa shape index (κ3) is 4.53. The van der Waals surface area contributed by atoms with E-state index in [4.69, 9.17) is 14.7 Å². The van der Waals surface area contributed by atoms with Gasteiger partial charge >= 0.3 is 0 Å². The Morgan fingerprint density at radius 2 is 1.49 bits per heavy atom. The Morgan fingerprint density at radius 3 is 2.33 bits per heavy atom. The van der Waals surface area contributed by atoms with E-state index in [1.807, 2.05) is 6.20 Å². The van der Waals surface area contributed by atoms with Gasteiger partial charge in [0, 0.05) is 33.8 Å². The first kappa shape index (κ1) is 26.0. The standard InChI is InChI=1S/C39H35N3O/c1-39(2,3)29-18-19-40-34(24-29)26-16-17-32-31-12-7-8-14-35(31)42(36(32)23-26)30-21-27(25-10-5-4-6-11-25)20-28(22-30)38-41-33-13-9-15-37(33)43-38/h4-8,10-12,14,16-24,33,37H,9,13,15H2,1-3H3/t33-,37+/m1/s1. The molecule has 4 aromatic carbocycles. The molecule has 3 heterocycles. The fourth-order valence-corrected chi connectivity index (χ4v) is 6.78. The molecule has 43 heavy (non-hydrogen) atoms. The van der Waals surface area contributed by atoms with Crippen LogP contribution in [-0.2, 0) is 10.2 Å². The van der Waals surface area contributed by atoms with Crippen LogP contribution in [-0.4, -0.2) is 27.6 Å². The Labute approximate surface area is 252 Å². The van der Waals surface area contributed by atoms with E-state index in [0.717, 1.165) is 52.3 Å². The largest absolute Gasteiger partial charge is 0.472 e. The van der Waals surface area contributed by atoms with Gasteiger partial charge in [0.25, 0.3) is 0 Å². The number of pyridine rings is 1. The van der Waals surface area contributed by atoms with Crippen LogP contribution in [0.3, 0.4) is 0 Å². The number of hydrogen-bond donors (Lipinski definition) is 0. The van der Waals surface area contributed by atoms with Crippen molar-refractivity contribution < 1.29 is 4.74 Å². The molecule has 4 heteroatoms. The number of aromatic nitrogens is 2. The minimum absolute atomic E-state index is 0.0501. The molecule has 2 atom stereocenters. The van der Waals surface area contributed by atoms with Crippen LogP contribution >= 0.6 is 0 Å². The maximum Gasteiger partial charge on any atom is 0.216 e. The highest BCUT2D eigenvalue weighted by atomic mass is 16.5. The van der Waals surface area contributed by atoms with Gasteiger partial charge in [-0.15, -0.1) is 0 Å². The number of fused-ring (bicyclic) bond motifs is 4. The van der Waals surface area contributed by atoms with Crippen LogP contribution < -0.4 is 0 Å². The monoisotopic (exact) mass is 561 g/mol. The topological polar surface area (TPSA) is 39.4 Å². The Hall–Kier alpha value is -4.70. The van der Waals surface area contributed by atoms with E-state index in [0.29, 0.717) is 0 Å². The first-order valence-electron chi connectivity index (χ1n) is 15.4. The van der Waals surface area contributed by atoms with Gasteiger partial charge in [-0.25, -0.2) is 4.99 Å². The summed E-state index contributed by atoms with van der Waals surface area (Å²) in [6.45, 7) is 6.74. The summed E-state index contributed by atoms with van der Waals surface area (Å²) in [5.74, 6) is 0.776. The maximum atomic E-state index is 6.46. The zero-order valence-corrected chi connectivity index (χ0v) is 24.9. The Balaban J connectivity index is 1.36. The van der Waals surface area contributed by atoms with E-state index in [-0.39, 0.29) is 17.6 Å². The fourth-order valence-electron chi connectivity index (χ4n) is 6.78. The highest BCUT2D eigenvalue weighted by Crippen LogP contribution is 2.38. The summed E-state index contributed by atoms with van der Waals surface area (Å²) in [5.41, 5.74) is 10.2. The third-order valence-electron chi connectivity index (χ3n) is 9.09. The van der Waals surface area contributed by atoms with E-state index in [1.165, 1.54) is 33.8 Å². The Bertz CT molecular complexity index is 2030. The second-order valence-corrected chi connectivity index (χ2v) is 13.0. The van der Waals surface area contributed by atoms with E-state index in [9.17, 15) is 0 Å². The van der Waals surface area contributed by atoms with Gasteiger partial charge in [-0.3, -0.25) is 4.98 Å². The molecule has 1 fully saturated rings. The number of aliphatic imine (C=N–C) groups is 1. The van der Waals surface area contributed by atoms with Gasteiger partial charge in [0.05, 0.1) is 22.8 Å². The van der Waals surface area contributed by atoms with E-state index in [2.05, 4.69) is 128 Å². The van der Waals surface area contributed by atoms with Crippen LogP contribution in [0.1, 0.15) is 51.2 Å². The average Bonchev–Trinajstić information content (AvgIpc) is 3.73. The number of benzene rings is 4. The van der Waals surface area contributed by atoms with Crippen LogP contribution in [0.25, 0.3) is 49.9 Å². The molecule has 0 amide bonds. The molecule has 2 aliphatic rings. The van der Waals surface area contributed by atoms with Crippen LogP contribution in [0.4, 0.5) is 0 Å². The van der Waals surface area contributed by atoms with Crippen LogP contribution in [0.2, 0.25) is 0 Å². The van der Waals surface area contributed by atoms with Gasteiger partial charge in [-0.05, 0) is 83.8 Å². The summed E-state index contributed by atoms with van der Waals surface area (Å²) in [7, 11) is 0. The van der Waals surface area contributed by atoms with Crippen molar-refractivity contribution in [3.8, 4) is 28.1 Å². The van der Waals surface area contributed by atoms with Gasteiger partial charge in [0.2, 0.25) is 5.90 Å². The maximum absolute atomic E-state index is 6.46. The lowest BCUT2D eigenvalue weighted by Gasteiger charge is -2.19. The number of nitrogens with zero attached hydrogens (tertiary/aromatic N) is 3.